The molecule has 1 fully saturated rings. The van der Waals surface area contributed by atoms with Crippen LogP contribution in [0, 0.1) is 0 Å². The average Bonchev–Trinajstić information content (AvgIpc) is 3.18. The van der Waals surface area contributed by atoms with Gasteiger partial charge < -0.3 is 14.8 Å². The van der Waals surface area contributed by atoms with E-state index in [0.29, 0.717) is 18.1 Å². The van der Waals surface area contributed by atoms with Crippen LogP contribution in [-0.4, -0.2) is 33.9 Å². The molecule has 0 aliphatic carbocycles. The minimum Gasteiger partial charge on any atom is -0.491 e. The van der Waals surface area contributed by atoms with Crippen molar-refractivity contribution in [2.75, 3.05) is 13.2 Å². The summed E-state index contributed by atoms with van der Waals surface area (Å²) in [5.41, 5.74) is 3.54. The Kier molecular flexibility index (Phi) is 6.20. The number of hydrogen-bond acceptors (Lipinski definition) is 5. The predicted molar refractivity (Wildman–Crippen MR) is 116 cm³/mol. The fourth-order valence-corrected chi connectivity index (χ4v) is 3.80. The van der Waals surface area contributed by atoms with Crippen LogP contribution in [0.4, 0.5) is 0 Å². The van der Waals surface area contributed by atoms with E-state index in [2.05, 4.69) is 22.5 Å². The highest BCUT2D eigenvalue weighted by atomic mass is 16.5. The predicted octanol–water partition coefficient (Wildman–Crippen LogP) is 3.55. The van der Waals surface area contributed by atoms with E-state index in [1.807, 2.05) is 39.0 Å². The van der Waals surface area contributed by atoms with E-state index in [0.717, 1.165) is 48.8 Å². The van der Waals surface area contributed by atoms with E-state index in [9.17, 15) is 4.79 Å². The van der Waals surface area contributed by atoms with Gasteiger partial charge in [0.15, 0.2) is 5.65 Å². The zero-order valence-corrected chi connectivity index (χ0v) is 17.9. The molecule has 1 saturated heterocycles. The zero-order chi connectivity index (χ0) is 21.1. The largest absolute Gasteiger partial charge is 0.491 e. The van der Waals surface area contributed by atoms with Gasteiger partial charge >= 0.3 is 0 Å². The second kappa shape index (κ2) is 9.02. The first-order valence-corrected chi connectivity index (χ1v) is 10.7. The van der Waals surface area contributed by atoms with E-state index < -0.39 is 0 Å². The number of benzene rings is 1. The number of rotatable bonds is 7. The molecule has 0 saturated carbocycles. The third-order valence-electron chi connectivity index (χ3n) is 5.50. The van der Waals surface area contributed by atoms with E-state index in [4.69, 9.17) is 14.5 Å². The maximum absolute atomic E-state index is 12.6. The smallest absolute Gasteiger partial charge is 0.272 e. The molecule has 0 unspecified atom stereocenters. The fraction of sp³-hybridized carbons (Fsp3) is 0.478. The Morgan fingerprint density at radius 3 is 2.63 bits per heavy atom. The fourth-order valence-electron chi connectivity index (χ4n) is 3.80. The standard InChI is InChI=1S/C23H30N4O3/c1-15(2)30-19-6-4-17(5-7-19)14-24-16(3)20-13-23(28)27-22(25-20)12-21(26-27)18-8-10-29-11-9-18/h4-7,12-13,15-16,18,24,26H,8-11,14H2,1-3H3/t16-/m1/s1. The maximum atomic E-state index is 12.6. The van der Waals surface area contributed by atoms with Gasteiger partial charge in [0.25, 0.3) is 5.56 Å². The van der Waals surface area contributed by atoms with Crippen molar-refractivity contribution in [1.29, 1.82) is 0 Å². The van der Waals surface area contributed by atoms with Crippen LogP contribution in [0.3, 0.4) is 0 Å². The Hall–Kier alpha value is -2.64. The van der Waals surface area contributed by atoms with Crippen LogP contribution in [0.2, 0.25) is 0 Å². The van der Waals surface area contributed by atoms with Crippen LogP contribution in [0.15, 0.2) is 41.2 Å². The molecule has 1 aliphatic heterocycles. The molecule has 2 N–H and O–H groups in total. The summed E-state index contributed by atoms with van der Waals surface area (Å²) in [7, 11) is 0. The van der Waals surface area contributed by atoms with Gasteiger partial charge in [-0.3, -0.25) is 9.89 Å². The average molecular weight is 411 g/mol. The second-order valence-electron chi connectivity index (χ2n) is 8.22. The molecule has 0 amide bonds. The summed E-state index contributed by atoms with van der Waals surface area (Å²) in [5, 5.41) is 6.69. The lowest BCUT2D eigenvalue weighted by Gasteiger charge is -2.20. The van der Waals surface area contributed by atoms with Gasteiger partial charge in [-0.15, -0.1) is 0 Å². The molecule has 0 radical (unpaired) electrons. The normalized spacial score (nSPS) is 16.3. The van der Waals surface area contributed by atoms with E-state index in [1.54, 1.807) is 6.07 Å². The highest BCUT2D eigenvalue weighted by Gasteiger charge is 2.19. The molecule has 0 spiro atoms. The Morgan fingerprint density at radius 2 is 1.93 bits per heavy atom. The third-order valence-corrected chi connectivity index (χ3v) is 5.50. The number of ether oxygens (including phenoxy) is 2. The van der Waals surface area contributed by atoms with E-state index >= 15 is 0 Å². The first kappa shape index (κ1) is 20.6. The molecule has 0 bridgehead atoms. The number of fused-ring (bicyclic) bond motifs is 1. The first-order chi connectivity index (χ1) is 14.5. The molecule has 3 heterocycles. The molecular weight excluding hydrogens is 380 g/mol. The SMILES string of the molecule is CC(C)Oc1ccc(CN[C@H](C)c2cc(=O)n3[nH]c(C4CCOCC4)cc3n2)cc1. The number of hydrogen-bond donors (Lipinski definition) is 2. The minimum atomic E-state index is -0.0860. The monoisotopic (exact) mass is 410 g/mol. The molecule has 160 valence electrons. The van der Waals surface area contributed by atoms with Crippen molar-refractivity contribution in [2.24, 2.45) is 0 Å². The molecule has 1 aromatic carbocycles. The highest BCUT2D eigenvalue weighted by Crippen LogP contribution is 2.26. The quantitative estimate of drug-likeness (QED) is 0.623. The van der Waals surface area contributed by atoms with Crippen molar-refractivity contribution < 1.29 is 9.47 Å². The molecule has 1 atom stereocenters. The highest BCUT2D eigenvalue weighted by molar-refractivity contribution is 5.41. The van der Waals surface area contributed by atoms with Gasteiger partial charge in [-0.1, -0.05) is 12.1 Å². The Labute approximate surface area is 176 Å². The summed E-state index contributed by atoms with van der Waals surface area (Å²) in [4.78, 5) is 17.4. The zero-order valence-electron chi connectivity index (χ0n) is 17.9. The lowest BCUT2D eigenvalue weighted by atomic mass is 9.97. The van der Waals surface area contributed by atoms with Gasteiger partial charge in [0.1, 0.15) is 5.75 Å². The van der Waals surface area contributed by atoms with Crippen LogP contribution in [0.5, 0.6) is 5.75 Å². The Balaban J connectivity index is 1.45. The second-order valence-corrected chi connectivity index (χ2v) is 8.22. The van der Waals surface area contributed by atoms with Crippen LogP contribution in [0.1, 0.15) is 62.5 Å². The lowest BCUT2D eigenvalue weighted by Crippen LogP contribution is -2.23. The van der Waals surface area contributed by atoms with Gasteiger partial charge in [0.05, 0.1) is 11.8 Å². The van der Waals surface area contributed by atoms with Crippen LogP contribution in [-0.2, 0) is 11.3 Å². The summed E-state index contributed by atoms with van der Waals surface area (Å²) in [6.45, 7) is 8.27. The number of aromatic amines is 1. The van der Waals surface area contributed by atoms with Gasteiger partial charge in [-0.05, 0) is 51.3 Å². The van der Waals surface area contributed by atoms with Crippen molar-refractivity contribution in [1.82, 2.24) is 19.9 Å². The van der Waals surface area contributed by atoms with Crippen molar-refractivity contribution in [3.05, 3.63) is 63.7 Å². The number of aromatic nitrogens is 3. The van der Waals surface area contributed by atoms with Gasteiger partial charge in [-0.25, -0.2) is 9.50 Å². The van der Waals surface area contributed by atoms with Crippen LogP contribution < -0.4 is 15.6 Å². The first-order valence-electron chi connectivity index (χ1n) is 10.7. The Bertz CT molecular complexity index is 1030. The number of nitrogens with one attached hydrogen (secondary N) is 2. The van der Waals surface area contributed by atoms with Crippen molar-refractivity contribution in [2.45, 2.75) is 58.2 Å². The molecule has 3 aromatic rings. The topological polar surface area (TPSA) is 80.6 Å². The van der Waals surface area contributed by atoms with Gasteiger partial charge in [0, 0.05) is 49.5 Å². The molecule has 30 heavy (non-hydrogen) atoms. The summed E-state index contributed by atoms with van der Waals surface area (Å²) in [5.74, 6) is 1.26. The van der Waals surface area contributed by atoms with E-state index in [1.165, 1.54) is 4.52 Å². The molecule has 7 nitrogen and oxygen atoms in total. The summed E-state index contributed by atoms with van der Waals surface area (Å²) < 4.78 is 12.7. The van der Waals surface area contributed by atoms with Crippen LogP contribution >= 0.6 is 0 Å². The van der Waals surface area contributed by atoms with E-state index in [-0.39, 0.29) is 17.7 Å². The summed E-state index contributed by atoms with van der Waals surface area (Å²) in [6.07, 6.45) is 2.09. The van der Waals surface area contributed by atoms with Crippen LogP contribution in [0.25, 0.3) is 5.65 Å². The maximum Gasteiger partial charge on any atom is 0.272 e. The molecule has 1 aliphatic rings. The number of nitrogens with zero attached hydrogens (tertiary/aromatic N) is 2. The molecule has 7 heteroatoms. The minimum absolute atomic E-state index is 0.0456. The Morgan fingerprint density at radius 1 is 1.20 bits per heavy atom. The lowest BCUT2D eigenvalue weighted by molar-refractivity contribution is 0.0844. The summed E-state index contributed by atoms with van der Waals surface area (Å²) >= 11 is 0. The van der Waals surface area contributed by atoms with Crippen molar-refractivity contribution in [3.8, 4) is 5.75 Å². The van der Waals surface area contributed by atoms with Crippen molar-refractivity contribution >= 4 is 5.65 Å². The molecule has 2 aromatic heterocycles. The molecule has 4 rings (SSSR count). The molecular formula is C23H30N4O3. The van der Waals surface area contributed by atoms with Gasteiger partial charge in [-0.2, -0.15) is 0 Å². The third kappa shape index (κ3) is 4.74. The number of H-pyrrole nitrogens is 1. The van der Waals surface area contributed by atoms with Gasteiger partial charge in [0.2, 0.25) is 0 Å². The summed E-state index contributed by atoms with van der Waals surface area (Å²) in [6, 6.07) is 11.6. The van der Waals surface area contributed by atoms with Crippen molar-refractivity contribution in [3.63, 3.8) is 0 Å².